The molecule has 6 amide bonds. The zero-order valence-corrected chi connectivity index (χ0v) is 27.4. The van der Waals surface area contributed by atoms with Crippen molar-refractivity contribution in [2.24, 2.45) is 11.7 Å². The van der Waals surface area contributed by atoms with E-state index in [1.807, 2.05) is 0 Å². The molecule has 1 aliphatic rings. The number of amides is 6. The van der Waals surface area contributed by atoms with Crippen molar-refractivity contribution in [2.75, 3.05) is 25.5 Å². The number of nitrogens with zero attached hydrogens (tertiary/aromatic N) is 1. The van der Waals surface area contributed by atoms with Crippen LogP contribution in [0.5, 0.6) is 0 Å². The largest absolute Gasteiger partial charge is 0.461 e. The topological polar surface area (TPSA) is 253 Å². The van der Waals surface area contributed by atoms with Gasteiger partial charge in [-0.15, -0.1) is 0 Å². The summed E-state index contributed by atoms with van der Waals surface area (Å²) in [6, 6.07) is 3.10. The van der Waals surface area contributed by atoms with Gasteiger partial charge in [0.2, 0.25) is 23.6 Å². The lowest BCUT2D eigenvalue weighted by atomic mass is 10.0. The smallest absolute Gasteiger partial charge is 0.312 e. The van der Waals surface area contributed by atoms with E-state index in [0.717, 1.165) is 0 Å². The molecule has 18 heteroatoms. The van der Waals surface area contributed by atoms with Crippen molar-refractivity contribution in [1.29, 1.82) is 0 Å². The summed E-state index contributed by atoms with van der Waals surface area (Å²) >= 11 is 0. The molecule has 17 nitrogen and oxygen atoms in total. The van der Waals surface area contributed by atoms with Gasteiger partial charge in [0.25, 0.3) is 10.1 Å². The van der Waals surface area contributed by atoms with Crippen molar-refractivity contribution in [2.45, 2.75) is 70.2 Å². The van der Waals surface area contributed by atoms with E-state index in [9.17, 15) is 41.7 Å². The Hall–Kier alpha value is -4.55. The highest BCUT2D eigenvalue weighted by molar-refractivity contribution is 7.87. The van der Waals surface area contributed by atoms with Crippen molar-refractivity contribution in [3.8, 4) is 0 Å². The minimum atomic E-state index is -4.98. The van der Waals surface area contributed by atoms with E-state index in [-0.39, 0.29) is 32.5 Å². The first-order valence-electron chi connectivity index (χ1n) is 14.7. The van der Waals surface area contributed by atoms with Crippen LogP contribution < -0.4 is 27.0 Å². The third kappa shape index (κ3) is 12.6. The average Bonchev–Trinajstić information content (AvgIpc) is 3.34. The fourth-order valence-corrected chi connectivity index (χ4v) is 5.27. The van der Waals surface area contributed by atoms with Crippen molar-refractivity contribution in [3.05, 3.63) is 42.0 Å². The second kappa shape index (κ2) is 18.0. The van der Waals surface area contributed by atoms with Crippen LogP contribution in [0.15, 0.2) is 36.4 Å². The van der Waals surface area contributed by atoms with Gasteiger partial charge in [0, 0.05) is 38.9 Å². The molecule has 0 spiro atoms. The molecule has 0 bridgehead atoms. The minimum Gasteiger partial charge on any atom is -0.461 e. The lowest BCUT2D eigenvalue weighted by Crippen LogP contribution is -2.56. The normalized spacial score (nSPS) is 16.3. The van der Waals surface area contributed by atoms with Gasteiger partial charge >= 0.3 is 12.0 Å². The van der Waals surface area contributed by atoms with E-state index < -0.39 is 81.6 Å². The van der Waals surface area contributed by atoms with Crippen LogP contribution in [0.1, 0.15) is 45.6 Å². The number of nitrogens with one attached hydrogen (secondary N) is 4. The molecule has 0 saturated carbocycles. The standard InChI is InChI=1S/C29H42N6O11S/c1-17(2)25(34-27(39)22(47(42,43)44)13-15-35-23(37)11-12-24(35)45-4)28(40)33-21(6-5-14-31-29(30)41)26(38)32-20-9-7-19(8-10-20)16-46-18(3)36/h7-12,17,21-22,24-25H,5-6,13-16H2,1-4H3,(H,32,38)(H,33,40)(H,34,39)(H3,30,31,41)(H,42,43,44)/t21-,22+,24?,25-/m0/s1. The van der Waals surface area contributed by atoms with Crippen LogP contribution in [-0.4, -0.2) is 97.3 Å². The fraction of sp³-hybridized carbons (Fsp3) is 0.517. The first kappa shape index (κ1) is 38.6. The second-order valence-corrected chi connectivity index (χ2v) is 12.6. The Bertz CT molecular complexity index is 1430. The van der Waals surface area contributed by atoms with Gasteiger partial charge in [0.05, 0.1) is 0 Å². The summed E-state index contributed by atoms with van der Waals surface area (Å²) in [5.41, 5.74) is 6.13. The van der Waals surface area contributed by atoms with E-state index in [1.54, 1.807) is 38.1 Å². The number of esters is 1. The zero-order chi connectivity index (χ0) is 35.3. The van der Waals surface area contributed by atoms with Crippen LogP contribution >= 0.6 is 0 Å². The van der Waals surface area contributed by atoms with Gasteiger partial charge in [-0.1, -0.05) is 26.0 Å². The summed E-state index contributed by atoms with van der Waals surface area (Å²) in [6.45, 7) is 4.31. The van der Waals surface area contributed by atoms with Crippen LogP contribution in [0.4, 0.5) is 10.5 Å². The van der Waals surface area contributed by atoms with Crippen LogP contribution in [0.3, 0.4) is 0 Å². The molecule has 1 aromatic rings. The van der Waals surface area contributed by atoms with E-state index in [4.69, 9.17) is 15.2 Å². The van der Waals surface area contributed by atoms with Gasteiger partial charge in [-0.2, -0.15) is 8.42 Å². The Balaban J connectivity index is 2.17. The molecule has 0 aliphatic carbocycles. The van der Waals surface area contributed by atoms with Gasteiger partial charge in [0.1, 0.15) is 18.7 Å². The zero-order valence-electron chi connectivity index (χ0n) is 26.6. The lowest BCUT2D eigenvalue weighted by molar-refractivity contribution is -0.142. The first-order chi connectivity index (χ1) is 22.0. The monoisotopic (exact) mass is 682 g/mol. The molecule has 7 N–H and O–H groups in total. The summed E-state index contributed by atoms with van der Waals surface area (Å²) in [7, 11) is -3.64. The Morgan fingerprint density at radius 1 is 1.02 bits per heavy atom. The Morgan fingerprint density at radius 3 is 2.23 bits per heavy atom. The third-order valence-electron chi connectivity index (χ3n) is 7.03. The van der Waals surface area contributed by atoms with E-state index in [1.165, 1.54) is 31.1 Å². The Morgan fingerprint density at radius 2 is 1.68 bits per heavy atom. The molecule has 2 rings (SSSR count). The number of carbonyl (C=O) groups is 6. The number of carbonyl (C=O) groups excluding carboxylic acids is 6. The van der Waals surface area contributed by atoms with Crippen molar-refractivity contribution >= 4 is 51.4 Å². The highest BCUT2D eigenvalue weighted by atomic mass is 32.2. The number of nitrogens with two attached hydrogens (primary N) is 1. The van der Waals surface area contributed by atoms with Crippen LogP contribution in [0.2, 0.25) is 0 Å². The number of anilines is 1. The number of hydrogen-bond donors (Lipinski definition) is 6. The summed E-state index contributed by atoms with van der Waals surface area (Å²) in [5, 5.41) is 7.96. The molecule has 0 radical (unpaired) electrons. The Labute approximate surface area is 272 Å². The molecule has 0 saturated heterocycles. The van der Waals surface area contributed by atoms with E-state index in [0.29, 0.717) is 11.3 Å². The highest BCUT2D eigenvalue weighted by Gasteiger charge is 2.37. The molecule has 47 heavy (non-hydrogen) atoms. The molecule has 1 heterocycles. The van der Waals surface area contributed by atoms with Crippen molar-refractivity contribution in [1.82, 2.24) is 20.9 Å². The molecule has 1 unspecified atom stereocenters. The number of urea groups is 1. The van der Waals surface area contributed by atoms with Crippen molar-refractivity contribution in [3.63, 3.8) is 0 Å². The van der Waals surface area contributed by atoms with E-state index in [2.05, 4.69) is 21.3 Å². The molecule has 1 aliphatic heterocycles. The number of rotatable bonds is 18. The molecular formula is C29H42N6O11S. The fourth-order valence-electron chi connectivity index (χ4n) is 4.53. The second-order valence-electron chi connectivity index (χ2n) is 11.0. The SMILES string of the molecule is COC1C=CC(=O)N1CC[C@H](C(=O)N[C@H](C(=O)N[C@@H](CCCNC(N)=O)C(=O)Nc1ccc(COC(C)=O)cc1)C(C)C)S(=O)(=O)O. The minimum absolute atomic E-state index is 0.0351. The summed E-state index contributed by atoms with van der Waals surface area (Å²) < 4.78 is 44.3. The summed E-state index contributed by atoms with van der Waals surface area (Å²) in [4.78, 5) is 75.3. The lowest BCUT2D eigenvalue weighted by Gasteiger charge is -2.28. The molecule has 260 valence electrons. The summed E-state index contributed by atoms with van der Waals surface area (Å²) in [6.07, 6.45) is 1.66. The van der Waals surface area contributed by atoms with Gasteiger partial charge in [-0.05, 0) is 49.0 Å². The van der Waals surface area contributed by atoms with Gasteiger partial charge < -0.3 is 41.4 Å². The number of methoxy groups -OCH3 is 1. The summed E-state index contributed by atoms with van der Waals surface area (Å²) in [5.74, 6) is -4.16. The maximum atomic E-state index is 13.4. The van der Waals surface area contributed by atoms with Gasteiger partial charge in [0.15, 0.2) is 11.5 Å². The molecule has 0 fully saturated rings. The van der Waals surface area contributed by atoms with E-state index >= 15 is 0 Å². The highest BCUT2D eigenvalue weighted by Crippen LogP contribution is 2.17. The molecule has 4 atom stereocenters. The van der Waals surface area contributed by atoms with Crippen LogP contribution in [0, 0.1) is 5.92 Å². The number of ether oxygens (including phenoxy) is 2. The number of hydrogen-bond acceptors (Lipinski definition) is 10. The van der Waals surface area contributed by atoms with Crippen LogP contribution in [0.25, 0.3) is 0 Å². The van der Waals surface area contributed by atoms with Crippen LogP contribution in [-0.2, 0) is 50.2 Å². The van der Waals surface area contributed by atoms with Gasteiger partial charge in [-0.25, -0.2) is 4.79 Å². The van der Waals surface area contributed by atoms with Crippen molar-refractivity contribution < 1.29 is 51.2 Å². The number of benzene rings is 1. The first-order valence-corrected chi connectivity index (χ1v) is 16.2. The average molecular weight is 683 g/mol. The molecular weight excluding hydrogens is 640 g/mol. The molecule has 1 aromatic carbocycles. The third-order valence-corrected chi connectivity index (χ3v) is 8.20. The maximum absolute atomic E-state index is 13.4. The predicted molar refractivity (Wildman–Crippen MR) is 168 cm³/mol. The Kier molecular flexibility index (Phi) is 14.8. The predicted octanol–water partition coefficient (Wildman–Crippen LogP) is -0.220. The molecule has 0 aromatic heterocycles. The number of primary amides is 1. The maximum Gasteiger partial charge on any atom is 0.312 e. The quantitative estimate of drug-likeness (QED) is 0.0670. The van der Waals surface area contributed by atoms with Gasteiger partial charge in [-0.3, -0.25) is 28.5 Å².